The van der Waals surface area contributed by atoms with Crippen LogP contribution in [0.3, 0.4) is 0 Å². The Hall–Kier alpha value is -1.01. The molecule has 0 spiro atoms. The van der Waals surface area contributed by atoms with Gasteiger partial charge in [-0.25, -0.2) is 0 Å². The molecule has 0 saturated heterocycles. The molecule has 0 aliphatic rings. The molecule has 148 valence electrons. The van der Waals surface area contributed by atoms with Crippen molar-refractivity contribution in [2.75, 3.05) is 0 Å². The average Bonchev–Trinajstić information content (AvgIpc) is 3.24. The van der Waals surface area contributed by atoms with Gasteiger partial charge in [-0.2, -0.15) is 12.1 Å². The van der Waals surface area contributed by atoms with Gasteiger partial charge in [0.15, 0.2) is 0 Å². The molecule has 3 heteroatoms. The summed E-state index contributed by atoms with van der Waals surface area (Å²) in [5.41, 5.74) is 2.87. The van der Waals surface area contributed by atoms with Gasteiger partial charge in [0, 0.05) is 0 Å². The van der Waals surface area contributed by atoms with Crippen molar-refractivity contribution in [1.29, 1.82) is 0 Å². The molecule has 4 aromatic rings. The van der Waals surface area contributed by atoms with Crippen molar-refractivity contribution < 1.29 is 49.0 Å². The van der Waals surface area contributed by atoms with Crippen LogP contribution in [0.2, 0.25) is 0 Å². The summed E-state index contributed by atoms with van der Waals surface area (Å²) in [4.78, 5) is 0. The summed E-state index contributed by atoms with van der Waals surface area (Å²) in [5, 5.41) is 5.46. The fourth-order valence-corrected chi connectivity index (χ4v) is 2.84. The van der Waals surface area contributed by atoms with Crippen LogP contribution in [0.25, 0.3) is 21.5 Å². The molecular formula is C25H28Cl2Zr-2. The minimum atomic E-state index is 0. The van der Waals surface area contributed by atoms with E-state index in [9.17, 15) is 0 Å². The van der Waals surface area contributed by atoms with Crippen LogP contribution >= 0.6 is 0 Å². The van der Waals surface area contributed by atoms with Crippen molar-refractivity contribution in [2.45, 2.75) is 40.5 Å². The van der Waals surface area contributed by atoms with Crippen LogP contribution in [0.1, 0.15) is 38.8 Å². The Balaban J connectivity index is 0.000000415. The van der Waals surface area contributed by atoms with Gasteiger partial charge >= 0.3 is 41.3 Å². The average molecular weight is 491 g/mol. The first-order chi connectivity index (χ1) is 12.5. The van der Waals surface area contributed by atoms with Gasteiger partial charge in [-0.05, 0) is 12.8 Å². The quantitative estimate of drug-likeness (QED) is 0.368. The SMILES string of the molecule is CCc1cc2ccccc2[cH-]1.CCc1cc2ccccc2[cH-]1.C[C](C)=[Zr+2].[Cl-].[Cl-]. The monoisotopic (exact) mass is 488 g/mol. The molecule has 28 heavy (non-hydrogen) atoms. The Labute approximate surface area is 197 Å². The number of hydrogen-bond donors (Lipinski definition) is 0. The van der Waals surface area contributed by atoms with Crippen molar-refractivity contribution in [3.8, 4) is 0 Å². The van der Waals surface area contributed by atoms with Crippen molar-refractivity contribution in [1.82, 2.24) is 0 Å². The molecular weight excluding hydrogens is 462 g/mol. The third-order valence-electron chi connectivity index (χ3n) is 4.17. The molecule has 4 rings (SSSR count). The molecule has 0 aliphatic carbocycles. The van der Waals surface area contributed by atoms with Gasteiger partial charge in [-0.15, -0.1) is 81.2 Å². The van der Waals surface area contributed by atoms with Gasteiger partial charge in [0.1, 0.15) is 0 Å². The maximum atomic E-state index is 2.26. The van der Waals surface area contributed by atoms with Gasteiger partial charge in [0.2, 0.25) is 0 Å². The topological polar surface area (TPSA) is 0 Å². The van der Waals surface area contributed by atoms with E-state index in [1.165, 1.54) is 35.9 Å². The number of benzene rings is 2. The molecule has 0 atom stereocenters. The van der Waals surface area contributed by atoms with E-state index in [4.69, 9.17) is 0 Å². The van der Waals surface area contributed by atoms with Crippen LogP contribution in [0.5, 0.6) is 0 Å². The van der Waals surface area contributed by atoms with Gasteiger partial charge in [-0.3, -0.25) is 0 Å². The summed E-state index contributed by atoms with van der Waals surface area (Å²) < 4.78 is 1.51. The summed E-state index contributed by atoms with van der Waals surface area (Å²) in [6, 6.07) is 26.0. The van der Waals surface area contributed by atoms with Crippen LogP contribution in [-0.2, 0) is 37.1 Å². The standard InChI is InChI=1S/2C11H11.C3H6.2ClH.Zr/c2*1-2-9-7-10-5-3-4-6-11(10)8-9;1-3-2;;;/h2*3-8H,2H2,1H3;1-2H3;2*1H;/q2*-1;;;;+2/p-2. The zero-order valence-electron chi connectivity index (χ0n) is 17.1. The summed E-state index contributed by atoms with van der Waals surface area (Å²) in [6.45, 7) is 8.62. The molecule has 0 nitrogen and oxygen atoms in total. The zero-order chi connectivity index (χ0) is 18.9. The molecule has 0 saturated carbocycles. The van der Waals surface area contributed by atoms with Crippen LogP contribution in [0.4, 0.5) is 0 Å². The van der Waals surface area contributed by atoms with E-state index >= 15 is 0 Å². The van der Waals surface area contributed by atoms with Crippen molar-refractivity contribution in [3.05, 3.63) is 83.9 Å². The van der Waals surface area contributed by atoms with Crippen molar-refractivity contribution in [3.63, 3.8) is 0 Å². The zero-order valence-corrected chi connectivity index (χ0v) is 21.1. The normalized spacial score (nSPS) is 9.36. The van der Waals surface area contributed by atoms with Crippen molar-refractivity contribution >= 4 is 24.8 Å². The predicted molar refractivity (Wildman–Crippen MR) is 114 cm³/mol. The van der Waals surface area contributed by atoms with Gasteiger partial charge in [0.05, 0.1) is 0 Å². The Morgan fingerprint density at radius 1 is 0.714 bits per heavy atom. The Morgan fingerprint density at radius 2 is 1.04 bits per heavy atom. The number of rotatable bonds is 2. The van der Waals surface area contributed by atoms with E-state index in [1.807, 2.05) is 0 Å². The smallest absolute Gasteiger partial charge is 1.00 e. The molecule has 0 radical (unpaired) electrons. The van der Waals surface area contributed by atoms with Gasteiger partial charge in [0.25, 0.3) is 0 Å². The molecule has 0 aromatic heterocycles. The fourth-order valence-electron chi connectivity index (χ4n) is 2.84. The molecule has 0 N–H and O–H groups in total. The summed E-state index contributed by atoms with van der Waals surface area (Å²) in [7, 11) is 0. The third-order valence-corrected chi connectivity index (χ3v) is 4.17. The molecule has 0 unspecified atom stereocenters. The minimum absolute atomic E-state index is 0. The number of halogens is 2. The Bertz CT molecular complexity index is 819. The van der Waals surface area contributed by atoms with E-state index in [0.29, 0.717) is 0 Å². The molecule has 0 fully saturated rings. The number of aryl methyl sites for hydroxylation is 2. The summed E-state index contributed by atoms with van der Waals surface area (Å²) in [6.07, 6.45) is 2.27. The Morgan fingerprint density at radius 3 is 1.32 bits per heavy atom. The number of fused-ring (bicyclic) bond motifs is 2. The van der Waals surface area contributed by atoms with E-state index in [0.717, 1.165) is 12.8 Å². The maximum absolute atomic E-state index is 2.26. The summed E-state index contributed by atoms with van der Waals surface area (Å²) >= 11 is 1.55. The third kappa shape index (κ3) is 8.56. The molecule has 0 aliphatic heterocycles. The number of hydrogen-bond acceptors (Lipinski definition) is 0. The second kappa shape index (κ2) is 14.1. The molecule has 4 aromatic carbocycles. The first kappa shape index (κ1) is 27.0. The van der Waals surface area contributed by atoms with Crippen molar-refractivity contribution in [2.24, 2.45) is 0 Å². The second-order valence-electron chi connectivity index (χ2n) is 6.69. The van der Waals surface area contributed by atoms with E-state index in [1.54, 1.807) is 24.2 Å². The van der Waals surface area contributed by atoms with E-state index in [2.05, 4.69) is 100 Å². The van der Waals surface area contributed by atoms with Crippen LogP contribution in [-0.4, -0.2) is 3.21 Å². The second-order valence-corrected chi connectivity index (χ2v) is 9.15. The molecule has 0 heterocycles. The largest absolute Gasteiger partial charge is 1.00 e. The first-order valence-corrected chi connectivity index (χ1v) is 10.6. The van der Waals surface area contributed by atoms with Crippen LogP contribution in [0.15, 0.2) is 72.8 Å². The molecule has 0 amide bonds. The van der Waals surface area contributed by atoms with E-state index < -0.39 is 0 Å². The van der Waals surface area contributed by atoms with E-state index in [-0.39, 0.29) is 24.8 Å². The maximum Gasteiger partial charge on any atom is -1.00 e. The minimum Gasteiger partial charge on any atom is -1.00 e. The predicted octanol–water partition coefficient (Wildman–Crippen LogP) is 0.996. The molecule has 0 bridgehead atoms. The Kier molecular flexibility index (Phi) is 13.5. The van der Waals surface area contributed by atoms with Gasteiger partial charge in [-0.1, -0.05) is 26.0 Å². The summed E-state index contributed by atoms with van der Waals surface area (Å²) in [5.74, 6) is 0. The van der Waals surface area contributed by atoms with Crippen LogP contribution in [0, 0.1) is 0 Å². The fraction of sp³-hybridized carbons (Fsp3) is 0.240. The van der Waals surface area contributed by atoms with Gasteiger partial charge < -0.3 is 24.8 Å². The van der Waals surface area contributed by atoms with Crippen LogP contribution < -0.4 is 24.8 Å². The first-order valence-electron chi connectivity index (χ1n) is 9.34.